The lowest BCUT2D eigenvalue weighted by Crippen LogP contribution is -2.49. The lowest BCUT2D eigenvalue weighted by molar-refractivity contribution is -0.0571. The van der Waals surface area contributed by atoms with Crippen LogP contribution in [0.1, 0.15) is 17.3 Å². The number of para-hydroxylation sites is 1. The molecule has 1 aromatic carbocycles. The third-order valence-corrected chi connectivity index (χ3v) is 3.37. The van der Waals surface area contributed by atoms with Crippen LogP contribution in [0.15, 0.2) is 18.2 Å². The molecular formula is C13H16ClNO4. The number of phenolic OH excluding ortho intramolecular Hbond substituents is 2. The molecule has 1 heterocycles. The lowest BCUT2D eigenvalue weighted by Gasteiger charge is -2.36. The number of rotatable bonds is 2. The van der Waals surface area contributed by atoms with E-state index in [1.54, 1.807) is 4.90 Å². The van der Waals surface area contributed by atoms with Crippen molar-refractivity contribution in [2.75, 3.05) is 19.0 Å². The molecule has 2 unspecified atom stereocenters. The van der Waals surface area contributed by atoms with Gasteiger partial charge < -0.3 is 19.8 Å². The second-order valence-corrected chi connectivity index (χ2v) is 4.92. The van der Waals surface area contributed by atoms with Crippen LogP contribution in [0.4, 0.5) is 0 Å². The van der Waals surface area contributed by atoms with Crippen molar-refractivity contribution in [2.24, 2.45) is 0 Å². The van der Waals surface area contributed by atoms with Gasteiger partial charge in [-0.25, -0.2) is 0 Å². The highest BCUT2D eigenvalue weighted by Crippen LogP contribution is 2.29. The Bertz CT molecular complexity index is 480. The fourth-order valence-electron chi connectivity index (χ4n) is 2.17. The molecule has 0 aromatic heterocycles. The van der Waals surface area contributed by atoms with Crippen LogP contribution in [0.3, 0.4) is 0 Å². The molecule has 1 aliphatic heterocycles. The molecule has 2 N–H and O–H groups in total. The summed E-state index contributed by atoms with van der Waals surface area (Å²) in [4.78, 5) is 13.9. The Hall–Kier alpha value is -1.46. The third kappa shape index (κ3) is 2.93. The number of nitrogens with zero attached hydrogens (tertiary/aromatic N) is 1. The van der Waals surface area contributed by atoms with E-state index >= 15 is 0 Å². The molecule has 1 amide bonds. The number of phenols is 2. The summed E-state index contributed by atoms with van der Waals surface area (Å²) in [6, 6.07) is 4.33. The van der Waals surface area contributed by atoms with E-state index in [1.165, 1.54) is 18.2 Å². The summed E-state index contributed by atoms with van der Waals surface area (Å²) in [5.74, 6) is -0.728. The zero-order valence-corrected chi connectivity index (χ0v) is 11.3. The second kappa shape index (κ2) is 5.67. The summed E-state index contributed by atoms with van der Waals surface area (Å²) in [6.45, 7) is 2.67. The van der Waals surface area contributed by atoms with Gasteiger partial charge >= 0.3 is 0 Å². The molecule has 19 heavy (non-hydrogen) atoms. The highest BCUT2D eigenvalue weighted by Gasteiger charge is 2.29. The molecule has 0 saturated carbocycles. The van der Waals surface area contributed by atoms with E-state index in [9.17, 15) is 15.0 Å². The van der Waals surface area contributed by atoms with Crippen LogP contribution in [0.5, 0.6) is 11.5 Å². The topological polar surface area (TPSA) is 70.0 Å². The molecule has 0 bridgehead atoms. The minimum atomic E-state index is -0.394. The summed E-state index contributed by atoms with van der Waals surface area (Å²) in [5, 5.41) is 19.2. The number of benzene rings is 1. The van der Waals surface area contributed by atoms with Crippen LogP contribution < -0.4 is 0 Å². The summed E-state index contributed by atoms with van der Waals surface area (Å²) in [7, 11) is 0. The predicted molar refractivity (Wildman–Crippen MR) is 70.7 cm³/mol. The van der Waals surface area contributed by atoms with E-state index in [-0.39, 0.29) is 29.4 Å². The van der Waals surface area contributed by atoms with E-state index in [0.29, 0.717) is 19.0 Å². The Morgan fingerprint density at radius 1 is 1.47 bits per heavy atom. The Kier molecular flexibility index (Phi) is 4.17. The Morgan fingerprint density at radius 3 is 2.89 bits per heavy atom. The number of alkyl halides is 1. The first-order chi connectivity index (χ1) is 9.02. The van der Waals surface area contributed by atoms with Gasteiger partial charge in [-0.1, -0.05) is 6.07 Å². The molecule has 2 rings (SSSR count). The van der Waals surface area contributed by atoms with Gasteiger partial charge in [-0.15, -0.1) is 11.6 Å². The third-order valence-electron chi connectivity index (χ3n) is 3.03. The van der Waals surface area contributed by atoms with Crippen molar-refractivity contribution in [3.63, 3.8) is 0 Å². The molecule has 1 aliphatic rings. The zero-order valence-electron chi connectivity index (χ0n) is 10.5. The van der Waals surface area contributed by atoms with Crippen molar-refractivity contribution in [3.8, 4) is 11.5 Å². The zero-order chi connectivity index (χ0) is 14.0. The minimum absolute atomic E-state index is 0.0856. The van der Waals surface area contributed by atoms with Gasteiger partial charge in [-0.05, 0) is 19.1 Å². The summed E-state index contributed by atoms with van der Waals surface area (Å²) in [6.07, 6.45) is -0.324. The minimum Gasteiger partial charge on any atom is -0.504 e. The van der Waals surface area contributed by atoms with Crippen LogP contribution in [-0.2, 0) is 4.74 Å². The quantitative estimate of drug-likeness (QED) is 0.639. The number of ether oxygens (including phenoxy) is 1. The largest absolute Gasteiger partial charge is 0.504 e. The van der Waals surface area contributed by atoms with Crippen molar-refractivity contribution in [3.05, 3.63) is 23.8 Å². The van der Waals surface area contributed by atoms with Crippen LogP contribution in [-0.4, -0.2) is 52.2 Å². The number of carbonyl (C=O) groups excluding carboxylic acids is 1. The standard InChI is InChI=1S/C13H16ClNO4/c1-8-6-15(7-9(5-14)19-8)13(18)10-3-2-4-11(16)12(10)17/h2-4,8-9,16-17H,5-7H2,1H3. The van der Waals surface area contributed by atoms with Crippen molar-refractivity contribution in [1.29, 1.82) is 0 Å². The van der Waals surface area contributed by atoms with E-state index < -0.39 is 5.75 Å². The number of morpholine rings is 1. The average Bonchev–Trinajstić information content (AvgIpc) is 2.40. The highest BCUT2D eigenvalue weighted by molar-refractivity contribution is 6.18. The number of hydrogen-bond acceptors (Lipinski definition) is 4. The summed E-state index contributed by atoms with van der Waals surface area (Å²) in [5.41, 5.74) is 0.0856. The molecule has 1 aromatic rings. The smallest absolute Gasteiger partial charge is 0.257 e. The van der Waals surface area contributed by atoms with E-state index in [1.807, 2.05) is 6.92 Å². The number of hydrogen-bond donors (Lipinski definition) is 2. The first kappa shape index (κ1) is 14.0. The first-order valence-electron chi connectivity index (χ1n) is 6.04. The molecule has 5 nitrogen and oxygen atoms in total. The van der Waals surface area contributed by atoms with E-state index in [2.05, 4.69) is 0 Å². The van der Waals surface area contributed by atoms with Crippen LogP contribution >= 0.6 is 11.6 Å². The number of amides is 1. The maximum absolute atomic E-state index is 12.3. The van der Waals surface area contributed by atoms with Gasteiger partial charge in [0.25, 0.3) is 5.91 Å². The molecular weight excluding hydrogens is 270 g/mol. The Balaban J connectivity index is 2.21. The fraction of sp³-hybridized carbons (Fsp3) is 0.462. The van der Waals surface area contributed by atoms with Crippen molar-refractivity contribution < 1.29 is 19.7 Å². The van der Waals surface area contributed by atoms with Crippen LogP contribution in [0.2, 0.25) is 0 Å². The number of aromatic hydroxyl groups is 2. The maximum atomic E-state index is 12.3. The van der Waals surface area contributed by atoms with Crippen molar-refractivity contribution in [2.45, 2.75) is 19.1 Å². The fourth-order valence-corrected chi connectivity index (χ4v) is 2.34. The SMILES string of the molecule is CC1CN(C(=O)c2cccc(O)c2O)CC(CCl)O1. The monoisotopic (exact) mass is 285 g/mol. The Labute approximate surface area is 116 Å². The van der Waals surface area contributed by atoms with Gasteiger partial charge in [0.05, 0.1) is 23.7 Å². The molecule has 104 valence electrons. The molecule has 1 saturated heterocycles. The molecule has 0 aliphatic carbocycles. The molecule has 0 radical (unpaired) electrons. The van der Waals surface area contributed by atoms with Crippen molar-refractivity contribution in [1.82, 2.24) is 4.90 Å². The molecule has 6 heteroatoms. The van der Waals surface area contributed by atoms with Gasteiger partial charge in [0.1, 0.15) is 0 Å². The average molecular weight is 286 g/mol. The van der Waals surface area contributed by atoms with Crippen LogP contribution in [0, 0.1) is 0 Å². The molecule has 2 atom stereocenters. The molecule has 0 spiro atoms. The first-order valence-corrected chi connectivity index (χ1v) is 6.58. The summed E-state index contributed by atoms with van der Waals surface area (Å²) < 4.78 is 5.57. The highest BCUT2D eigenvalue weighted by atomic mass is 35.5. The number of carbonyl (C=O) groups is 1. The molecule has 1 fully saturated rings. The van der Waals surface area contributed by atoms with Crippen LogP contribution in [0.25, 0.3) is 0 Å². The summed E-state index contributed by atoms with van der Waals surface area (Å²) >= 11 is 5.77. The number of halogens is 1. The van der Waals surface area contributed by atoms with Gasteiger partial charge in [-0.2, -0.15) is 0 Å². The normalized spacial score (nSPS) is 23.4. The maximum Gasteiger partial charge on any atom is 0.257 e. The van der Waals surface area contributed by atoms with Gasteiger partial charge in [0, 0.05) is 13.1 Å². The Morgan fingerprint density at radius 2 is 2.21 bits per heavy atom. The van der Waals surface area contributed by atoms with E-state index in [4.69, 9.17) is 16.3 Å². The van der Waals surface area contributed by atoms with Crippen molar-refractivity contribution >= 4 is 17.5 Å². The lowest BCUT2D eigenvalue weighted by atomic mass is 10.1. The second-order valence-electron chi connectivity index (χ2n) is 4.61. The predicted octanol–water partition coefficient (Wildman–Crippen LogP) is 1.57. The van der Waals surface area contributed by atoms with E-state index in [0.717, 1.165) is 0 Å². The van der Waals surface area contributed by atoms with Gasteiger partial charge in [0.2, 0.25) is 0 Å². The van der Waals surface area contributed by atoms with Gasteiger partial charge in [-0.3, -0.25) is 4.79 Å². The van der Waals surface area contributed by atoms with Gasteiger partial charge in [0.15, 0.2) is 11.5 Å².